The molecule has 2 aromatic rings. The number of benzene rings is 2. The molecule has 3 heteroatoms. The number of aromatic hydroxyl groups is 1. The Balaban J connectivity index is 2.13. The third-order valence-electron chi connectivity index (χ3n) is 2.37. The van der Waals surface area contributed by atoms with Gasteiger partial charge in [-0.1, -0.05) is 30.3 Å². The highest BCUT2D eigenvalue weighted by Gasteiger charge is 2.11. The summed E-state index contributed by atoms with van der Waals surface area (Å²) < 4.78 is 11.0. The first-order valence-electron chi connectivity index (χ1n) is 5.33. The lowest BCUT2D eigenvalue weighted by Crippen LogP contribution is -2.09. The molecule has 1 atom stereocenters. The van der Waals surface area contributed by atoms with E-state index in [1.54, 1.807) is 31.4 Å². The van der Waals surface area contributed by atoms with Crippen LogP contribution in [-0.2, 0) is 4.74 Å². The first kappa shape index (κ1) is 11.5. The summed E-state index contributed by atoms with van der Waals surface area (Å²) >= 11 is 0. The van der Waals surface area contributed by atoms with Gasteiger partial charge in [0, 0.05) is 12.7 Å². The van der Waals surface area contributed by atoms with Gasteiger partial charge < -0.3 is 14.6 Å². The predicted molar refractivity (Wildman–Crippen MR) is 64.9 cm³/mol. The minimum atomic E-state index is -0.444. The molecule has 0 fully saturated rings. The molecule has 0 spiro atoms. The lowest BCUT2D eigenvalue weighted by Gasteiger charge is -2.17. The van der Waals surface area contributed by atoms with Gasteiger partial charge in [0.15, 0.2) is 0 Å². The fourth-order valence-electron chi connectivity index (χ4n) is 1.51. The van der Waals surface area contributed by atoms with Gasteiger partial charge in [0.2, 0.25) is 6.29 Å². The maximum Gasteiger partial charge on any atom is 0.226 e. The van der Waals surface area contributed by atoms with Crippen molar-refractivity contribution in [1.82, 2.24) is 0 Å². The summed E-state index contributed by atoms with van der Waals surface area (Å²) in [5, 5.41) is 9.18. The molecule has 0 bridgehead atoms. The van der Waals surface area contributed by atoms with Crippen LogP contribution in [0.15, 0.2) is 54.6 Å². The van der Waals surface area contributed by atoms with Crippen molar-refractivity contribution in [2.24, 2.45) is 0 Å². The molecule has 3 nitrogen and oxygen atoms in total. The second kappa shape index (κ2) is 5.37. The smallest absolute Gasteiger partial charge is 0.226 e. The molecule has 0 saturated carbocycles. The highest BCUT2D eigenvalue weighted by atomic mass is 16.7. The van der Waals surface area contributed by atoms with Crippen LogP contribution >= 0.6 is 0 Å². The average molecular weight is 230 g/mol. The predicted octanol–water partition coefficient (Wildman–Crippen LogP) is 3.12. The van der Waals surface area contributed by atoms with Gasteiger partial charge >= 0.3 is 0 Å². The van der Waals surface area contributed by atoms with Gasteiger partial charge in [0.05, 0.1) is 0 Å². The lowest BCUT2D eigenvalue weighted by molar-refractivity contribution is -0.0562. The Labute approximate surface area is 100 Å². The quantitative estimate of drug-likeness (QED) is 0.820. The van der Waals surface area contributed by atoms with Gasteiger partial charge in [-0.05, 0) is 24.3 Å². The van der Waals surface area contributed by atoms with E-state index in [1.807, 2.05) is 30.3 Å². The Morgan fingerprint density at radius 2 is 1.59 bits per heavy atom. The normalized spacial score (nSPS) is 12.1. The van der Waals surface area contributed by atoms with Crippen LogP contribution in [0.4, 0.5) is 0 Å². The number of ether oxygens (including phenoxy) is 2. The summed E-state index contributed by atoms with van der Waals surface area (Å²) in [6, 6.07) is 16.2. The molecule has 88 valence electrons. The molecule has 2 rings (SSSR count). The van der Waals surface area contributed by atoms with Gasteiger partial charge in [-0.3, -0.25) is 0 Å². The standard InChI is InChI=1S/C14H14O3/c1-16-14(11-5-3-2-4-6-11)17-13-9-7-12(15)8-10-13/h2-10,14-15H,1H3. The number of hydrogen-bond acceptors (Lipinski definition) is 3. The number of methoxy groups -OCH3 is 1. The SMILES string of the molecule is COC(Oc1ccc(O)cc1)c1ccccc1. The number of phenols is 1. The van der Waals surface area contributed by atoms with E-state index < -0.39 is 6.29 Å². The van der Waals surface area contributed by atoms with Crippen LogP contribution in [0, 0.1) is 0 Å². The average Bonchev–Trinajstić information content (AvgIpc) is 2.39. The first-order chi connectivity index (χ1) is 8.29. The maximum atomic E-state index is 9.18. The fraction of sp³-hybridized carbons (Fsp3) is 0.143. The molecule has 0 amide bonds. The van der Waals surface area contributed by atoms with Crippen molar-refractivity contribution < 1.29 is 14.6 Å². The molecular weight excluding hydrogens is 216 g/mol. The molecule has 0 aliphatic rings. The van der Waals surface area contributed by atoms with Crippen LogP contribution in [0.25, 0.3) is 0 Å². The van der Waals surface area contributed by atoms with E-state index >= 15 is 0 Å². The molecule has 1 unspecified atom stereocenters. The van der Waals surface area contributed by atoms with E-state index in [1.165, 1.54) is 0 Å². The summed E-state index contributed by atoms with van der Waals surface area (Å²) in [4.78, 5) is 0. The zero-order valence-electron chi connectivity index (χ0n) is 9.54. The topological polar surface area (TPSA) is 38.7 Å². The second-order valence-electron chi connectivity index (χ2n) is 3.59. The Morgan fingerprint density at radius 1 is 0.941 bits per heavy atom. The van der Waals surface area contributed by atoms with E-state index in [9.17, 15) is 5.11 Å². The minimum absolute atomic E-state index is 0.214. The molecule has 17 heavy (non-hydrogen) atoms. The largest absolute Gasteiger partial charge is 0.508 e. The van der Waals surface area contributed by atoms with Crippen LogP contribution < -0.4 is 4.74 Å². The van der Waals surface area contributed by atoms with Crippen molar-refractivity contribution >= 4 is 0 Å². The molecule has 2 aromatic carbocycles. The monoisotopic (exact) mass is 230 g/mol. The van der Waals surface area contributed by atoms with Crippen molar-refractivity contribution in [2.75, 3.05) is 7.11 Å². The van der Waals surface area contributed by atoms with Crippen molar-refractivity contribution in [3.63, 3.8) is 0 Å². The zero-order chi connectivity index (χ0) is 12.1. The van der Waals surface area contributed by atoms with Gasteiger partial charge in [-0.25, -0.2) is 0 Å². The highest BCUT2D eigenvalue weighted by molar-refractivity contribution is 5.30. The molecule has 0 aromatic heterocycles. The summed E-state index contributed by atoms with van der Waals surface area (Å²) in [5.74, 6) is 0.865. The Hall–Kier alpha value is -2.00. The second-order valence-corrected chi connectivity index (χ2v) is 3.59. The van der Waals surface area contributed by atoms with Crippen molar-refractivity contribution in [3.8, 4) is 11.5 Å². The minimum Gasteiger partial charge on any atom is -0.508 e. The van der Waals surface area contributed by atoms with E-state index in [2.05, 4.69) is 0 Å². The van der Waals surface area contributed by atoms with Crippen LogP contribution in [0.3, 0.4) is 0 Å². The summed E-state index contributed by atoms with van der Waals surface area (Å²) in [6.07, 6.45) is -0.444. The first-order valence-corrected chi connectivity index (χ1v) is 5.33. The summed E-state index contributed by atoms with van der Waals surface area (Å²) in [6.45, 7) is 0. The van der Waals surface area contributed by atoms with E-state index in [-0.39, 0.29) is 5.75 Å². The third kappa shape index (κ3) is 2.98. The van der Waals surface area contributed by atoms with Crippen LogP contribution in [0.2, 0.25) is 0 Å². The molecule has 0 radical (unpaired) electrons. The lowest BCUT2D eigenvalue weighted by atomic mass is 10.2. The van der Waals surface area contributed by atoms with Gasteiger partial charge in [-0.2, -0.15) is 0 Å². The Morgan fingerprint density at radius 3 is 2.18 bits per heavy atom. The maximum absolute atomic E-state index is 9.18. The van der Waals surface area contributed by atoms with E-state index in [4.69, 9.17) is 9.47 Å². The Kier molecular flexibility index (Phi) is 3.62. The third-order valence-corrected chi connectivity index (χ3v) is 2.37. The van der Waals surface area contributed by atoms with Crippen LogP contribution in [0.1, 0.15) is 11.9 Å². The molecular formula is C14H14O3. The molecule has 1 N–H and O–H groups in total. The Bertz CT molecular complexity index is 451. The number of phenolic OH excluding ortho intramolecular Hbond substituents is 1. The summed E-state index contributed by atoms with van der Waals surface area (Å²) in [7, 11) is 1.60. The van der Waals surface area contributed by atoms with Gasteiger partial charge in [0.1, 0.15) is 11.5 Å². The van der Waals surface area contributed by atoms with E-state index in [0.717, 1.165) is 5.56 Å². The van der Waals surface area contributed by atoms with Gasteiger partial charge in [-0.15, -0.1) is 0 Å². The highest BCUT2D eigenvalue weighted by Crippen LogP contribution is 2.23. The summed E-state index contributed by atoms with van der Waals surface area (Å²) in [5.41, 5.74) is 0.947. The molecule has 0 aliphatic carbocycles. The van der Waals surface area contributed by atoms with Crippen LogP contribution in [0.5, 0.6) is 11.5 Å². The number of rotatable bonds is 4. The fourth-order valence-corrected chi connectivity index (χ4v) is 1.51. The molecule has 0 aliphatic heterocycles. The van der Waals surface area contributed by atoms with Crippen molar-refractivity contribution in [3.05, 3.63) is 60.2 Å². The van der Waals surface area contributed by atoms with Crippen molar-refractivity contribution in [1.29, 1.82) is 0 Å². The molecule has 0 saturated heterocycles. The van der Waals surface area contributed by atoms with Crippen molar-refractivity contribution in [2.45, 2.75) is 6.29 Å². The van der Waals surface area contributed by atoms with Crippen LogP contribution in [-0.4, -0.2) is 12.2 Å². The van der Waals surface area contributed by atoms with E-state index in [0.29, 0.717) is 5.75 Å². The van der Waals surface area contributed by atoms with Gasteiger partial charge in [0.25, 0.3) is 0 Å². The molecule has 0 heterocycles. The number of hydrogen-bond donors (Lipinski definition) is 1. The zero-order valence-corrected chi connectivity index (χ0v) is 9.54.